The number of aliphatic hydroxyl groups is 1. The Kier molecular flexibility index (Phi) is 80.2. The van der Waals surface area contributed by atoms with Crippen molar-refractivity contribution in [2.45, 2.75) is 502 Å². The molecule has 0 bridgehead atoms. The topological polar surface area (TPSA) is 237 Å². The molecule has 0 saturated carbocycles. The molecule has 0 aromatic heterocycles. The van der Waals surface area contributed by atoms with Crippen LogP contribution in [0.2, 0.25) is 0 Å². The molecule has 0 saturated heterocycles. The second-order valence-electron chi connectivity index (χ2n) is 32.2. The zero-order valence-electron chi connectivity index (χ0n) is 71.0. The molecular formula is C89H174O17P2. The van der Waals surface area contributed by atoms with E-state index in [4.69, 9.17) is 37.0 Å². The highest BCUT2D eigenvalue weighted by Gasteiger charge is 2.31. The first-order valence-electron chi connectivity index (χ1n) is 46.2. The molecule has 642 valence electrons. The molecule has 0 aliphatic heterocycles. The summed E-state index contributed by atoms with van der Waals surface area (Å²) in [6.45, 7) is 7.44. The molecule has 108 heavy (non-hydrogen) atoms. The number of unbranched alkanes of at least 4 members (excludes halogenated alkanes) is 60. The van der Waals surface area contributed by atoms with E-state index in [1.165, 1.54) is 308 Å². The van der Waals surface area contributed by atoms with E-state index in [0.29, 0.717) is 25.7 Å². The van der Waals surface area contributed by atoms with Gasteiger partial charge in [0.1, 0.15) is 19.3 Å². The van der Waals surface area contributed by atoms with Crippen LogP contribution in [-0.2, 0) is 65.4 Å². The lowest BCUT2D eigenvalue weighted by atomic mass is 9.99. The highest BCUT2D eigenvalue weighted by Crippen LogP contribution is 2.45. The van der Waals surface area contributed by atoms with Crippen molar-refractivity contribution in [1.29, 1.82) is 0 Å². The number of carbonyl (C=O) groups is 4. The van der Waals surface area contributed by atoms with Crippen molar-refractivity contribution < 1.29 is 80.2 Å². The van der Waals surface area contributed by atoms with Gasteiger partial charge in [0.25, 0.3) is 0 Å². The zero-order chi connectivity index (χ0) is 79.0. The Bertz CT molecular complexity index is 2050. The molecule has 0 rings (SSSR count). The molecule has 19 heteroatoms. The van der Waals surface area contributed by atoms with Crippen molar-refractivity contribution in [3.05, 3.63) is 0 Å². The summed E-state index contributed by atoms with van der Waals surface area (Å²) in [6.07, 6.45) is 76.4. The monoisotopic (exact) mass is 1580 g/mol. The van der Waals surface area contributed by atoms with E-state index in [2.05, 4.69) is 34.6 Å². The van der Waals surface area contributed by atoms with Gasteiger partial charge in [-0.15, -0.1) is 0 Å². The lowest BCUT2D eigenvalue weighted by Gasteiger charge is -2.21. The van der Waals surface area contributed by atoms with Gasteiger partial charge in [-0.05, 0) is 31.6 Å². The summed E-state index contributed by atoms with van der Waals surface area (Å²) in [5.41, 5.74) is 0. The maximum Gasteiger partial charge on any atom is 0.472 e. The zero-order valence-corrected chi connectivity index (χ0v) is 72.8. The number of aliphatic hydroxyl groups excluding tert-OH is 1. The van der Waals surface area contributed by atoms with Crippen molar-refractivity contribution in [2.75, 3.05) is 39.6 Å². The van der Waals surface area contributed by atoms with Crippen LogP contribution in [0, 0.1) is 5.92 Å². The summed E-state index contributed by atoms with van der Waals surface area (Å²) in [6, 6.07) is 0. The lowest BCUT2D eigenvalue weighted by molar-refractivity contribution is -0.161. The fourth-order valence-electron chi connectivity index (χ4n) is 14.0. The molecule has 6 atom stereocenters. The fraction of sp³-hybridized carbons (Fsp3) is 0.955. The third-order valence-electron chi connectivity index (χ3n) is 21.4. The van der Waals surface area contributed by atoms with Crippen LogP contribution in [0.25, 0.3) is 0 Å². The molecule has 0 heterocycles. The summed E-state index contributed by atoms with van der Waals surface area (Å²) < 4.78 is 69.0. The van der Waals surface area contributed by atoms with Crippen LogP contribution in [0.15, 0.2) is 0 Å². The number of rotatable bonds is 89. The van der Waals surface area contributed by atoms with Crippen molar-refractivity contribution in [2.24, 2.45) is 5.92 Å². The number of ether oxygens (including phenoxy) is 4. The number of hydrogen-bond acceptors (Lipinski definition) is 15. The van der Waals surface area contributed by atoms with Crippen LogP contribution in [-0.4, -0.2) is 96.7 Å². The van der Waals surface area contributed by atoms with Gasteiger partial charge in [-0.2, -0.15) is 0 Å². The van der Waals surface area contributed by atoms with Gasteiger partial charge in [0.05, 0.1) is 26.4 Å². The normalized spacial score (nSPS) is 14.0. The van der Waals surface area contributed by atoms with E-state index in [0.717, 1.165) is 95.8 Å². The van der Waals surface area contributed by atoms with Gasteiger partial charge in [0.2, 0.25) is 0 Å². The Hall–Kier alpha value is -1.94. The molecule has 3 N–H and O–H groups in total. The third kappa shape index (κ3) is 80.7. The van der Waals surface area contributed by atoms with Crippen molar-refractivity contribution >= 4 is 39.5 Å². The van der Waals surface area contributed by atoms with Crippen LogP contribution >= 0.6 is 15.6 Å². The second kappa shape index (κ2) is 81.6. The first-order valence-corrected chi connectivity index (χ1v) is 49.2. The van der Waals surface area contributed by atoms with E-state index in [1.807, 2.05) is 0 Å². The van der Waals surface area contributed by atoms with Crippen molar-refractivity contribution in [1.82, 2.24) is 0 Å². The summed E-state index contributed by atoms with van der Waals surface area (Å²) in [7, 11) is -9.93. The number of hydrogen-bond donors (Lipinski definition) is 3. The Morgan fingerprint density at radius 3 is 0.657 bits per heavy atom. The van der Waals surface area contributed by atoms with E-state index in [9.17, 15) is 43.2 Å². The number of esters is 4. The summed E-state index contributed by atoms with van der Waals surface area (Å²) in [4.78, 5) is 73.3. The largest absolute Gasteiger partial charge is 0.472 e. The second-order valence-corrected chi connectivity index (χ2v) is 35.1. The van der Waals surface area contributed by atoms with E-state index >= 15 is 0 Å². The quantitative estimate of drug-likeness (QED) is 0.0222. The Morgan fingerprint density at radius 1 is 0.259 bits per heavy atom. The first-order chi connectivity index (χ1) is 52.6. The van der Waals surface area contributed by atoms with Gasteiger partial charge in [-0.25, -0.2) is 9.13 Å². The van der Waals surface area contributed by atoms with Gasteiger partial charge in [0, 0.05) is 25.7 Å². The molecule has 0 fully saturated rings. The van der Waals surface area contributed by atoms with Gasteiger partial charge < -0.3 is 33.8 Å². The first kappa shape index (κ1) is 106. The molecule has 0 amide bonds. The van der Waals surface area contributed by atoms with Crippen molar-refractivity contribution in [3.8, 4) is 0 Å². The molecule has 0 aliphatic rings. The standard InChI is InChI=1S/C89H174O17P2/c1-6-10-13-16-19-22-25-27-29-31-32-33-37-41-44-48-53-58-63-68-73-87(92)100-79-85(106-89(94)75-70-65-60-55-50-46-42-38-35-34-36-39-43-47-51-56-61-66-71-82(5)9-4)81-104-108(97,98)102-77-83(90)76-101-107(95,96)103-80-84(78-99-86(91)72-67-62-57-52-24-21-18-15-12-8-3)105-88(93)74-69-64-59-54-49-45-40-30-28-26-23-20-17-14-11-7-2/h82-85,90H,6-81H2,1-5H3,(H,95,96)(H,97,98)/t82?,83-,84+,85+/m0/s1. The molecule has 0 aliphatic carbocycles. The molecule has 3 unspecified atom stereocenters. The summed E-state index contributed by atoms with van der Waals surface area (Å²) >= 11 is 0. The van der Waals surface area contributed by atoms with Gasteiger partial charge in [-0.1, -0.05) is 433 Å². The lowest BCUT2D eigenvalue weighted by Crippen LogP contribution is -2.30. The Labute approximate surface area is 664 Å². The van der Waals surface area contributed by atoms with Crippen LogP contribution < -0.4 is 0 Å². The van der Waals surface area contributed by atoms with Crippen LogP contribution in [0.1, 0.15) is 484 Å². The van der Waals surface area contributed by atoms with E-state index in [1.54, 1.807) is 0 Å². The van der Waals surface area contributed by atoms with Gasteiger partial charge in [-0.3, -0.25) is 37.3 Å². The highest BCUT2D eigenvalue weighted by molar-refractivity contribution is 7.47. The van der Waals surface area contributed by atoms with Gasteiger partial charge in [0.15, 0.2) is 12.2 Å². The van der Waals surface area contributed by atoms with Crippen molar-refractivity contribution in [3.63, 3.8) is 0 Å². The van der Waals surface area contributed by atoms with Crippen LogP contribution in [0.4, 0.5) is 0 Å². The maximum absolute atomic E-state index is 13.2. The molecule has 0 aromatic carbocycles. The minimum atomic E-state index is -4.97. The summed E-state index contributed by atoms with van der Waals surface area (Å²) in [5, 5.41) is 10.7. The smallest absolute Gasteiger partial charge is 0.462 e. The SMILES string of the molecule is CCCCCCCCCCCCCCCCCCCCCCC(=O)OC[C@H](COP(=O)(O)OC[C@@H](O)COP(=O)(O)OC[C@@H](COC(=O)CCCCCCCCCCCC)OC(=O)CCCCCCCCCCCCCCCCCC)OC(=O)CCCCCCCCCCCCCCCCCCCCC(C)CC. The van der Waals surface area contributed by atoms with Crippen LogP contribution in [0.5, 0.6) is 0 Å². The maximum atomic E-state index is 13.2. The minimum absolute atomic E-state index is 0.109. The molecule has 0 radical (unpaired) electrons. The Morgan fingerprint density at radius 2 is 0.444 bits per heavy atom. The molecule has 17 nitrogen and oxygen atoms in total. The predicted octanol–water partition coefficient (Wildman–Crippen LogP) is 27.5. The molecule has 0 aromatic rings. The number of phosphoric acid groups is 2. The highest BCUT2D eigenvalue weighted by atomic mass is 31.2. The minimum Gasteiger partial charge on any atom is -0.462 e. The average Bonchev–Trinajstić information content (AvgIpc) is 0.901. The number of carbonyl (C=O) groups excluding carboxylic acids is 4. The fourth-order valence-corrected chi connectivity index (χ4v) is 15.5. The Balaban J connectivity index is 5.21. The molecular weight excluding hydrogens is 1400 g/mol. The van der Waals surface area contributed by atoms with Gasteiger partial charge >= 0.3 is 39.5 Å². The third-order valence-corrected chi connectivity index (χ3v) is 23.3. The average molecular weight is 1580 g/mol. The van der Waals surface area contributed by atoms with E-state index < -0.39 is 97.5 Å². The molecule has 0 spiro atoms. The predicted molar refractivity (Wildman–Crippen MR) is 446 cm³/mol. The van der Waals surface area contributed by atoms with E-state index in [-0.39, 0.29) is 25.7 Å². The number of phosphoric ester groups is 2. The summed E-state index contributed by atoms with van der Waals surface area (Å²) in [5.74, 6) is -1.22. The van der Waals surface area contributed by atoms with Crippen LogP contribution in [0.3, 0.4) is 0 Å².